The van der Waals surface area contributed by atoms with Crippen molar-refractivity contribution in [1.29, 1.82) is 0 Å². The number of hydrogen-bond donors (Lipinski definition) is 0. The van der Waals surface area contributed by atoms with Gasteiger partial charge in [0.1, 0.15) is 11.9 Å². The summed E-state index contributed by atoms with van der Waals surface area (Å²) in [4.78, 5) is 25.9. The molecule has 6 nitrogen and oxygen atoms in total. The van der Waals surface area contributed by atoms with Gasteiger partial charge in [-0.15, -0.1) is 0 Å². The van der Waals surface area contributed by atoms with E-state index in [4.69, 9.17) is 14.2 Å². The number of nitrogens with zero attached hydrogens (tertiary/aromatic N) is 1. The van der Waals surface area contributed by atoms with Gasteiger partial charge in [-0.05, 0) is 40.6 Å². The number of amides is 1. The monoisotopic (exact) mass is 467 g/mol. The van der Waals surface area contributed by atoms with E-state index in [9.17, 15) is 9.59 Å². The lowest BCUT2D eigenvalue weighted by Gasteiger charge is -2.24. The van der Waals surface area contributed by atoms with Crippen LogP contribution in [0.25, 0.3) is 10.8 Å². The molecule has 1 saturated carbocycles. The molecule has 1 aliphatic carbocycles. The molecule has 1 fully saturated rings. The Morgan fingerprint density at radius 3 is 2.61 bits per heavy atom. The third-order valence-electron chi connectivity index (χ3n) is 5.93. The molecule has 174 valence electrons. The summed E-state index contributed by atoms with van der Waals surface area (Å²) in [5, 5.41) is 6.25. The molecule has 33 heavy (non-hydrogen) atoms. The van der Waals surface area contributed by atoms with Gasteiger partial charge >= 0.3 is 12.1 Å². The molecular weight excluding hydrogens is 438 g/mol. The Bertz CT molecular complexity index is 1090. The average Bonchev–Trinajstić information content (AvgIpc) is 3.30. The molecule has 0 bridgehead atoms. The van der Waals surface area contributed by atoms with Crippen LogP contribution in [-0.4, -0.2) is 36.8 Å². The van der Waals surface area contributed by atoms with Crippen molar-refractivity contribution in [1.82, 2.24) is 4.90 Å². The molecule has 2 aromatic carbocycles. The maximum Gasteiger partial charge on any atom is 0.412 e. The van der Waals surface area contributed by atoms with Crippen LogP contribution in [0.15, 0.2) is 59.3 Å². The van der Waals surface area contributed by atoms with Gasteiger partial charge in [0.2, 0.25) is 6.29 Å². The molecule has 0 aliphatic heterocycles. The maximum atomic E-state index is 12.5. The van der Waals surface area contributed by atoms with Gasteiger partial charge in [0.15, 0.2) is 0 Å². The number of thiophene rings is 1. The lowest BCUT2D eigenvalue weighted by atomic mass is 10.1. The summed E-state index contributed by atoms with van der Waals surface area (Å²) in [7, 11) is 1.67. The van der Waals surface area contributed by atoms with Gasteiger partial charge in [-0.1, -0.05) is 43.3 Å². The quantitative estimate of drug-likeness (QED) is 0.284. The number of rotatable bonds is 9. The molecule has 4 unspecified atom stereocenters. The van der Waals surface area contributed by atoms with Crippen LogP contribution >= 0.6 is 11.3 Å². The van der Waals surface area contributed by atoms with Crippen LogP contribution in [0.1, 0.15) is 38.4 Å². The van der Waals surface area contributed by atoms with E-state index >= 15 is 0 Å². The van der Waals surface area contributed by atoms with Crippen LogP contribution < -0.4 is 4.74 Å². The standard InChI is InChI=1S/C26H29NO5S/c1-17-15-22(17)25(28)30-18(2)31-26(29)27(3)13-11-23(20-12-14-33-16-20)32-24-10-6-8-19-7-4-5-9-21(19)24/h4-10,12,14,16-18,22-23H,11,13,15H2,1-3H3. The van der Waals surface area contributed by atoms with Crippen LogP contribution in [0.4, 0.5) is 4.79 Å². The first-order chi connectivity index (χ1) is 15.9. The Kier molecular flexibility index (Phi) is 7.18. The molecule has 0 saturated heterocycles. The van der Waals surface area contributed by atoms with Gasteiger partial charge in [-0.25, -0.2) is 4.79 Å². The van der Waals surface area contributed by atoms with Crippen LogP contribution in [0.3, 0.4) is 0 Å². The third-order valence-corrected chi connectivity index (χ3v) is 6.63. The third kappa shape index (κ3) is 5.85. The summed E-state index contributed by atoms with van der Waals surface area (Å²) >= 11 is 1.61. The zero-order valence-corrected chi connectivity index (χ0v) is 19.9. The Morgan fingerprint density at radius 1 is 1.12 bits per heavy atom. The van der Waals surface area contributed by atoms with E-state index in [1.54, 1.807) is 25.3 Å². The minimum Gasteiger partial charge on any atom is -0.485 e. The first-order valence-electron chi connectivity index (χ1n) is 11.2. The maximum absolute atomic E-state index is 12.5. The highest BCUT2D eigenvalue weighted by atomic mass is 32.1. The van der Waals surface area contributed by atoms with E-state index in [2.05, 4.69) is 17.5 Å². The molecule has 0 spiro atoms. The van der Waals surface area contributed by atoms with E-state index in [1.165, 1.54) is 4.90 Å². The van der Waals surface area contributed by atoms with Crippen molar-refractivity contribution in [2.45, 2.75) is 39.1 Å². The predicted octanol–water partition coefficient (Wildman–Crippen LogP) is 6.03. The summed E-state index contributed by atoms with van der Waals surface area (Å²) in [6.45, 7) is 3.99. The number of fused-ring (bicyclic) bond motifs is 1. The van der Waals surface area contributed by atoms with Gasteiger partial charge in [0.05, 0.1) is 5.92 Å². The van der Waals surface area contributed by atoms with Crippen LogP contribution in [0.2, 0.25) is 0 Å². The Hall–Kier alpha value is -3.06. The van der Waals surface area contributed by atoms with Crippen molar-refractivity contribution in [2.75, 3.05) is 13.6 Å². The molecule has 3 aromatic rings. The first kappa shape index (κ1) is 23.1. The fourth-order valence-corrected chi connectivity index (χ4v) is 4.46. The normalized spacial score (nSPS) is 18.9. The number of hydrogen-bond acceptors (Lipinski definition) is 6. The number of benzene rings is 2. The summed E-state index contributed by atoms with van der Waals surface area (Å²) in [6.07, 6.45) is -0.253. The highest BCUT2D eigenvalue weighted by Gasteiger charge is 2.41. The van der Waals surface area contributed by atoms with Crippen LogP contribution in [-0.2, 0) is 14.3 Å². The van der Waals surface area contributed by atoms with E-state index in [-0.39, 0.29) is 18.0 Å². The van der Waals surface area contributed by atoms with Gasteiger partial charge in [0, 0.05) is 37.9 Å². The topological polar surface area (TPSA) is 65.1 Å². The fourth-order valence-electron chi connectivity index (χ4n) is 3.76. The second kappa shape index (κ2) is 10.3. The van der Waals surface area contributed by atoms with Crippen LogP contribution in [0, 0.1) is 11.8 Å². The minimum atomic E-state index is -0.917. The van der Waals surface area contributed by atoms with Crippen LogP contribution in [0.5, 0.6) is 5.75 Å². The Morgan fingerprint density at radius 2 is 1.88 bits per heavy atom. The Balaban J connectivity index is 1.36. The molecule has 7 heteroatoms. The average molecular weight is 468 g/mol. The molecule has 1 aliphatic rings. The van der Waals surface area contributed by atoms with E-state index < -0.39 is 12.4 Å². The van der Waals surface area contributed by atoms with E-state index in [1.807, 2.05) is 48.7 Å². The summed E-state index contributed by atoms with van der Waals surface area (Å²) < 4.78 is 17.0. The van der Waals surface area contributed by atoms with Crippen molar-refractivity contribution in [3.8, 4) is 5.75 Å². The van der Waals surface area contributed by atoms with Gasteiger partial charge in [0.25, 0.3) is 0 Å². The number of ether oxygens (including phenoxy) is 3. The predicted molar refractivity (Wildman–Crippen MR) is 128 cm³/mol. The van der Waals surface area contributed by atoms with Crippen molar-refractivity contribution in [3.05, 3.63) is 64.9 Å². The summed E-state index contributed by atoms with van der Waals surface area (Å²) in [5.74, 6) is 0.788. The van der Waals surface area contributed by atoms with Crippen molar-refractivity contribution in [3.63, 3.8) is 0 Å². The molecule has 0 N–H and O–H groups in total. The second-order valence-electron chi connectivity index (χ2n) is 8.56. The van der Waals surface area contributed by atoms with Gasteiger partial charge in [-0.3, -0.25) is 4.79 Å². The molecule has 1 heterocycles. The lowest BCUT2D eigenvalue weighted by molar-refractivity contribution is -0.167. The Labute approximate surface area is 198 Å². The van der Waals surface area contributed by atoms with Crippen molar-refractivity contribution >= 4 is 34.2 Å². The number of carbonyl (C=O) groups excluding carboxylic acids is 2. The van der Waals surface area contributed by atoms with Gasteiger partial charge in [-0.2, -0.15) is 11.3 Å². The second-order valence-corrected chi connectivity index (χ2v) is 9.34. The highest BCUT2D eigenvalue weighted by Crippen LogP contribution is 2.39. The summed E-state index contributed by atoms with van der Waals surface area (Å²) in [6, 6.07) is 16.2. The smallest absolute Gasteiger partial charge is 0.412 e. The zero-order chi connectivity index (χ0) is 23.4. The first-order valence-corrected chi connectivity index (χ1v) is 12.2. The minimum absolute atomic E-state index is 0.0681. The summed E-state index contributed by atoms with van der Waals surface area (Å²) in [5.41, 5.74) is 1.07. The van der Waals surface area contributed by atoms with Crippen molar-refractivity contribution in [2.24, 2.45) is 11.8 Å². The molecule has 1 aromatic heterocycles. The zero-order valence-electron chi connectivity index (χ0n) is 19.1. The molecule has 4 atom stereocenters. The molecule has 4 rings (SSSR count). The number of carbonyl (C=O) groups is 2. The molecular formula is C26H29NO5S. The fraction of sp³-hybridized carbons (Fsp3) is 0.385. The lowest BCUT2D eigenvalue weighted by Crippen LogP contribution is -2.33. The van der Waals surface area contributed by atoms with E-state index in [0.29, 0.717) is 18.9 Å². The SMILES string of the molecule is CC(OC(=O)C1CC1C)OC(=O)N(C)CCC(Oc1cccc2ccccc12)c1ccsc1. The molecule has 0 radical (unpaired) electrons. The van der Waals surface area contributed by atoms with Crippen molar-refractivity contribution < 1.29 is 23.8 Å². The number of esters is 1. The van der Waals surface area contributed by atoms with E-state index in [0.717, 1.165) is 28.5 Å². The highest BCUT2D eigenvalue weighted by molar-refractivity contribution is 7.07. The molecule has 1 amide bonds. The van der Waals surface area contributed by atoms with Gasteiger partial charge < -0.3 is 19.1 Å². The largest absolute Gasteiger partial charge is 0.485 e.